The van der Waals surface area contributed by atoms with Crippen molar-refractivity contribution < 1.29 is 13.2 Å². The van der Waals surface area contributed by atoms with Crippen molar-refractivity contribution in [2.24, 2.45) is 0 Å². The van der Waals surface area contributed by atoms with E-state index >= 15 is 0 Å². The van der Waals surface area contributed by atoms with E-state index in [1.807, 2.05) is 0 Å². The molecule has 102 valence electrons. The molecular formula is C13H8F3N3S. The van der Waals surface area contributed by atoms with Crippen LogP contribution in [0.15, 0.2) is 30.3 Å². The van der Waals surface area contributed by atoms with E-state index in [9.17, 15) is 13.2 Å². The first-order chi connectivity index (χ1) is 9.52. The maximum absolute atomic E-state index is 13.5. The predicted octanol–water partition coefficient (Wildman–Crippen LogP) is 4.04. The molecule has 0 aliphatic heterocycles. The minimum Gasteiger partial charge on any atom is -0.399 e. The number of nitrogens with zero attached hydrogens (tertiary/aromatic N) is 1. The second-order valence-electron chi connectivity index (χ2n) is 4.12. The average Bonchev–Trinajstić information content (AvgIpc) is 2.75. The van der Waals surface area contributed by atoms with Crippen molar-refractivity contribution in [1.82, 2.24) is 4.98 Å². The molecule has 0 bridgehead atoms. The van der Waals surface area contributed by atoms with Gasteiger partial charge in [0, 0.05) is 17.8 Å². The minimum absolute atomic E-state index is 0.301. The zero-order chi connectivity index (χ0) is 14.3. The maximum atomic E-state index is 13.5. The summed E-state index contributed by atoms with van der Waals surface area (Å²) in [5.74, 6) is -3.00. The lowest BCUT2D eigenvalue weighted by atomic mass is 10.3. The summed E-state index contributed by atoms with van der Waals surface area (Å²) in [6, 6.07) is 6.33. The first-order valence-corrected chi connectivity index (χ1v) is 6.42. The van der Waals surface area contributed by atoms with Gasteiger partial charge in [0.25, 0.3) is 0 Å². The highest BCUT2D eigenvalue weighted by atomic mass is 32.1. The van der Waals surface area contributed by atoms with Crippen LogP contribution in [-0.2, 0) is 0 Å². The molecule has 0 aliphatic rings. The monoisotopic (exact) mass is 295 g/mol. The number of nitrogen functional groups attached to an aromatic ring is 1. The van der Waals surface area contributed by atoms with Gasteiger partial charge in [-0.1, -0.05) is 11.3 Å². The Kier molecular flexibility index (Phi) is 2.98. The SMILES string of the molecule is Nc1ccc2nc(Nc3c(F)cc(F)cc3F)sc2c1. The highest BCUT2D eigenvalue weighted by molar-refractivity contribution is 7.22. The number of hydrogen-bond donors (Lipinski definition) is 2. The largest absolute Gasteiger partial charge is 0.399 e. The van der Waals surface area contributed by atoms with Gasteiger partial charge in [-0.05, 0) is 18.2 Å². The fourth-order valence-corrected chi connectivity index (χ4v) is 2.68. The van der Waals surface area contributed by atoms with Gasteiger partial charge >= 0.3 is 0 Å². The van der Waals surface area contributed by atoms with E-state index in [0.29, 0.717) is 28.5 Å². The number of nitrogens with two attached hydrogens (primary N) is 1. The third-order valence-corrected chi connectivity index (χ3v) is 3.58. The number of aromatic nitrogens is 1. The molecule has 0 saturated carbocycles. The molecule has 1 aromatic heterocycles. The van der Waals surface area contributed by atoms with E-state index in [0.717, 1.165) is 4.70 Å². The molecule has 0 unspecified atom stereocenters. The van der Waals surface area contributed by atoms with Crippen LogP contribution in [0.2, 0.25) is 0 Å². The molecule has 3 N–H and O–H groups in total. The highest BCUT2D eigenvalue weighted by Crippen LogP contribution is 2.31. The van der Waals surface area contributed by atoms with Crippen molar-refractivity contribution in [3.63, 3.8) is 0 Å². The normalized spacial score (nSPS) is 10.9. The molecule has 0 saturated heterocycles. The van der Waals surface area contributed by atoms with E-state index in [2.05, 4.69) is 10.3 Å². The lowest BCUT2D eigenvalue weighted by molar-refractivity contribution is 0.549. The van der Waals surface area contributed by atoms with Crippen LogP contribution in [0.25, 0.3) is 10.2 Å². The van der Waals surface area contributed by atoms with Gasteiger partial charge in [-0.15, -0.1) is 0 Å². The third kappa shape index (κ3) is 2.27. The first kappa shape index (κ1) is 12.7. The van der Waals surface area contributed by atoms with Crippen LogP contribution in [0.5, 0.6) is 0 Å². The van der Waals surface area contributed by atoms with Gasteiger partial charge in [0.2, 0.25) is 0 Å². The highest BCUT2D eigenvalue weighted by Gasteiger charge is 2.13. The van der Waals surface area contributed by atoms with Crippen LogP contribution < -0.4 is 11.1 Å². The number of thiazole rings is 1. The second-order valence-corrected chi connectivity index (χ2v) is 5.15. The molecule has 3 aromatic rings. The standard InChI is InChI=1S/C13H8F3N3S/c14-6-3-8(15)12(9(16)4-6)19-13-18-10-2-1-7(17)5-11(10)20-13/h1-5H,17H2,(H,18,19). The molecule has 0 radical (unpaired) electrons. The zero-order valence-electron chi connectivity index (χ0n) is 9.95. The van der Waals surface area contributed by atoms with Gasteiger partial charge < -0.3 is 11.1 Å². The number of hydrogen-bond acceptors (Lipinski definition) is 4. The number of fused-ring (bicyclic) bond motifs is 1. The summed E-state index contributed by atoms with van der Waals surface area (Å²) in [5.41, 5.74) is 6.45. The molecular weight excluding hydrogens is 287 g/mol. The van der Waals surface area contributed by atoms with Crippen molar-refractivity contribution in [2.45, 2.75) is 0 Å². The van der Waals surface area contributed by atoms with Gasteiger partial charge in [-0.3, -0.25) is 0 Å². The molecule has 0 aliphatic carbocycles. The van der Waals surface area contributed by atoms with Crippen LogP contribution in [0, 0.1) is 17.5 Å². The summed E-state index contributed by atoms with van der Waals surface area (Å²) in [4.78, 5) is 4.18. The van der Waals surface area contributed by atoms with E-state index in [1.54, 1.807) is 18.2 Å². The maximum Gasteiger partial charge on any atom is 0.188 e. The van der Waals surface area contributed by atoms with Crippen LogP contribution in [0.1, 0.15) is 0 Å². The fraction of sp³-hybridized carbons (Fsp3) is 0. The van der Waals surface area contributed by atoms with Crippen LogP contribution >= 0.6 is 11.3 Å². The molecule has 20 heavy (non-hydrogen) atoms. The van der Waals surface area contributed by atoms with E-state index in [-0.39, 0.29) is 0 Å². The lowest BCUT2D eigenvalue weighted by Crippen LogP contribution is -1.98. The first-order valence-electron chi connectivity index (χ1n) is 5.60. The fourth-order valence-electron chi connectivity index (χ4n) is 1.76. The Morgan fingerprint density at radius 3 is 2.45 bits per heavy atom. The Morgan fingerprint density at radius 1 is 1.05 bits per heavy atom. The van der Waals surface area contributed by atoms with Gasteiger partial charge in [0.05, 0.1) is 10.2 Å². The number of rotatable bonds is 2. The van der Waals surface area contributed by atoms with Gasteiger partial charge in [0.15, 0.2) is 16.8 Å². The molecule has 0 amide bonds. The van der Waals surface area contributed by atoms with Crippen LogP contribution in [0.4, 0.5) is 29.7 Å². The Morgan fingerprint density at radius 2 is 1.75 bits per heavy atom. The summed E-state index contributed by atoms with van der Waals surface area (Å²) in [6.45, 7) is 0. The van der Waals surface area contributed by atoms with Crippen molar-refractivity contribution in [2.75, 3.05) is 11.1 Å². The number of benzene rings is 2. The number of nitrogens with one attached hydrogen (secondary N) is 1. The summed E-state index contributed by atoms with van der Waals surface area (Å²) in [7, 11) is 0. The topological polar surface area (TPSA) is 50.9 Å². The van der Waals surface area contributed by atoms with Crippen molar-refractivity contribution in [3.05, 3.63) is 47.8 Å². The van der Waals surface area contributed by atoms with Gasteiger partial charge in [-0.25, -0.2) is 18.2 Å². The smallest absolute Gasteiger partial charge is 0.188 e. The molecule has 2 aromatic carbocycles. The Balaban J connectivity index is 2.01. The third-order valence-electron chi connectivity index (χ3n) is 2.65. The molecule has 3 rings (SSSR count). The Bertz CT molecular complexity index is 778. The van der Waals surface area contributed by atoms with Gasteiger partial charge in [0.1, 0.15) is 11.5 Å². The predicted molar refractivity (Wildman–Crippen MR) is 73.6 cm³/mol. The average molecular weight is 295 g/mol. The summed E-state index contributed by atoms with van der Waals surface area (Å²) >= 11 is 1.20. The van der Waals surface area contributed by atoms with Crippen molar-refractivity contribution in [1.29, 1.82) is 0 Å². The lowest BCUT2D eigenvalue weighted by Gasteiger charge is -2.05. The molecule has 3 nitrogen and oxygen atoms in total. The Labute approximate surface area is 115 Å². The van der Waals surface area contributed by atoms with Crippen LogP contribution in [0.3, 0.4) is 0 Å². The second kappa shape index (κ2) is 4.68. The minimum atomic E-state index is -1.01. The summed E-state index contributed by atoms with van der Waals surface area (Å²) in [6.07, 6.45) is 0. The zero-order valence-corrected chi connectivity index (χ0v) is 10.8. The molecule has 0 atom stereocenters. The Hall–Kier alpha value is -2.28. The number of halogens is 3. The summed E-state index contributed by atoms with van der Waals surface area (Å²) in [5, 5.41) is 2.83. The molecule has 0 fully saturated rings. The quantitative estimate of drug-likeness (QED) is 0.702. The molecule has 7 heteroatoms. The van der Waals surface area contributed by atoms with E-state index < -0.39 is 23.1 Å². The van der Waals surface area contributed by atoms with Crippen LogP contribution in [-0.4, -0.2) is 4.98 Å². The van der Waals surface area contributed by atoms with E-state index in [1.165, 1.54) is 11.3 Å². The van der Waals surface area contributed by atoms with E-state index in [4.69, 9.17) is 5.73 Å². The van der Waals surface area contributed by atoms with Crippen molar-refractivity contribution in [3.8, 4) is 0 Å². The summed E-state index contributed by atoms with van der Waals surface area (Å²) < 4.78 is 40.7. The molecule has 0 spiro atoms. The molecule has 1 heterocycles. The van der Waals surface area contributed by atoms with Crippen molar-refractivity contribution >= 4 is 38.1 Å². The van der Waals surface area contributed by atoms with Gasteiger partial charge in [-0.2, -0.15) is 0 Å². The number of anilines is 3.